The molecule has 1 aliphatic heterocycles. The molecule has 4 nitrogen and oxygen atoms in total. The van der Waals surface area contributed by atoms with Crippen molar-refractivity contribution < 1.29 is 8.42 Å². The van der Waals surface area contributed by atoms with Gasteiger partial charge in [0.2, 0.25) is 0 Å². The topological polar surface area (TPSA) is 49.4 Å². The van der Waals surface area contributed by atoms with Crippen molar-refractivity contribution in [2.75, 3.05) is 44.7 Å². The third-order valence-corrected chi connectivity index (χ3v) is 6.32. The zero-order chi connectivity index (χ0) is 13.8. The van der Waals surface area contributed by atoms with Crippen molar-refractivity contribution >= 4 is 9.84 Å². The van der Waals surface area contributed by atoms with Crippen LogP contribution in [0.4, 0.5) is 0 Å². The van der Waals surface area contributed by atoms with E-state index in [0.717, 1.165) is 26.2 Å². The molecule has 2 aliphatic rings. The summed E-state index contributed by atoms with van der Waals surface area (Å²) in [6.07, 6.45) is 7.95. The first kappa shape index (κ1) is 15.3. The minimum atomic E-state index is -2.75. The van der Waals surface area contributed by atoms with Crippen molar-refractivity contribution in [2.24, 2.45) is 5.41 Å². The molecule has 19 heavy (non-hydrogen) atoms. The van der Waals surface area contributed by atoms with E-state index in [0.29, 0.717) is 16.9 Å². The van der Waals surface area contributed by atoms with Gasteiger partial charge >= 0.3 is 0 Å². The summed E-state index contributed by atoms with van der Waals surface area (Å²) >= 11 is 0. The van der Waals surface area contributed by atoms with Gasteiger partial charge in [-0.05, 0) is 25.3 Å². The summed E-state index contributed by atoms with van der Waals surface area (Å²) in [7, 11) is -0.718. The first-order valence-corrected chi connectivity index (χ1v) is 9.45. The van der Waals surface area contributed by atoms with Gasteiger partial charge in [-0.1, -0.05) is 25.7 Å². The summed E-state index contributed by atoms with van der Waals surface area (Å²) in [5.41, 5.74) is 0.367. The third-order valence-electron chi connectivity index (χ3n) is 4.71. The Morgan fingerprint density at radius 3 is 2.16 bits per heavy atom. The lowest BCUT2D eigenvalue weighted by atomic mass is 9.79. The Labute approximate surface area is 117 Å². The molecule has 2 fully saturated rings. The van der Waals surface area contributed by atoms with Crippen molar-refractivity contribution in [3.63, 3.8) is 0 Å². The van der Waals surface area contributed by atoms with Crippen LogP contribution < -0.4 is 5.32 Å². The lowest BCUT2D eigenvalue weighted by Gasteiger charge is -2.39. The number of rotatable bonds is 4. The highest BCUT2D eigenvalue weighted by molar-refractivity contribution is 7.91. The van der Waals surface area contributed by atoms with E-state index >= 15 is 0 Å². The molecule has 0 aromatic carbocycles. The predicted molar refractivity (Wildman–Crippen MR) is 79.2 cm³/mol. The average molecular weight is 288 g/mol. The van der Waals surface area contributed by atoms with Crippen LogP contribution in [0.15, 0.2) is 0 Å². The molecule has 0 aromatic rings. The second-order valence-corrected chi connectivity index (χ2v) is 8.68. The molecule has 0 unspecified atom stereocenters. The molecule has 2 rings (SSSR count). The number of hydrogen-bond donors (Lipinski definition) is 1. The molecule has 1 aliphatic carbocycles. The van der Waals surface area contributed by atoms with Gasteiger partial charge in [-0.2, -0.15) is 0 Å². The zero-order valence-electron chi connectivity index (χ0n) is 12.2. The molecule has 1 N–H and O–H groups in total. The van der Waals surface area contributed by atoms with Gasteiger partial charge in [0.15, 0.2) is 9.84 Å². The minimum absolute atomic E-state index is 0.350. The van der Waals surface area contributed by atoms with Gasteiger partial charge in [-0.15, -0.1) is 0 Å². The molecule has 5 heteroatoms. The van der Waals surface area contributed by atoms with E-state index < -0.39 is 9.84 Å². The maximum absolute atomic E-state index is 11.5. The van der Waals surface area contributed by atoms with Crippen molar-refractivity contribution in [2.45, 2.75) is 38.5 Å². The smallest absolute Gasteiger partial charge is 0.152 e. The molecule has 1 saturated carbocycles. The number of sulfone groups is 1. The van der Waals surface area contributed by atoms with E-state index in [9.17, 15) is 8.42 Å². The summed E-state index contributed by atoms with van der Waals surface area (Å²) in [5, 5.41) is 3.37. The SMILES string of the molecule is CNCC1(CN2CCS(=O)(=O)CC2)CCCCCC1. The quantitative estimate of drug-likeness (QED) is 0.792. The van der Waals surface area contributed by atoms with Crippen LogP contribution in [0, 0.1) is 5.41 Å². The Balaban J connectivity index is 1.96. The van der Waals surface area contributed by atoms with Gasteiger partial charge in [-0.3, -0.25) is 0 Å². The van der Waals surface area contributed by atoms with Crippen LogP contribution >= 0.6 is 0 Å². The highest BCUT2D eigenvalue weighted by atomic mass is 32.2. The molecule has 0 amide bonds. The second kappa shape index (κ2) is 6.55. The van der Waals surface area contributed by atoms with Gasteiger partial charge in [0.1, 0.15) is 0 Å². The second-order valence-electron chi connectivity index (χ2n) is 6.37. The van der Waals surface area contributed by atoms with Crippen molar-refractivity contribution in [1.82, 2.24) is 10.2 Å². The number of nitrogens with zero attached hydrogens (tertiary/aromatic N) is 1. The molecular formula is C14H28N2O2S. The maximum atomic E-state index is 11.5. The van der Waals surface area contributed by atoms with Crippen LogP contribution in [0.3, 0.4) is 0 Å². The van der Waals surface area contributed by atoms with E-state index in [1.54, 1.807) is 0 Å². The lowest BCUT2D eigenvalue weighted by molar-refractivity contribution is 0.135. The standard InChI is InChI=1S/C14H28N2O2S/c1-15-12-14(6-4-2-3-5-7-14)13-16-8-10-19(17,18)11-9-16/h15H,2-13H2,1H3. The van der Waals surface area contributed by atoms with Crippen LogP contribution in [-0.2, 0) is 9.84 Å². The summed E-state index contributed by atoms with van der Waals surface area (Å²) in [6, 6.07) is 0. The van der Waals surface area contributed by atoms with E-state index in [-0.39, 0.29) is 0 Å². The van der Waals surface area contributed by atoms with Gasteiger partial charge in [0.25, 0.3) is 0 Å². The maximum Gasteiger partial charge on any atom is 0.152 e. The van der Waals surface area contributed by atoms with Crippen LogP contribution in [-0.4, -0.2) is 58.1 Å². The molecule has 112 valence electrons. The van der Waals surface area contributed by atoms with Crippen molar-refractivity contribution in [3.8, 4) is 0 Å². The molecule has 0 atom stereocenters. The Morgan fingerprint density at radius 1 is 1.05 bits per heavy atom. The van der Waals surface area contributed by atoms with Crippen LogP contribution in [0.25, 0.3) is 0 Å². The Kier molecular flexibility index (Phi) is 5.26. The fourth-order valence-electron chi connectivity index (χ4n) is 3.63. The van der Waals surface area contributed by atoms with Crippen molar-refractivity contribution in [1.29, 1.82) is 0 Å². The molecule has 1 saturated heterocycles. The summed E-state index contributed by atoms with van der Waals surface area (Å²) in [6.45, 7) is 3.60. The van der Waals surface area contributed by atoms with Gasteiger partial charge in [0, 0.05) is 26.2 Å². The van der Waals surface area contributed by atoms with Gasteiger partial charge in [0.05, 0.1) is 11.5 Å². The van der Waals surface area contributed by atoms with Crippen LogP contribution in [0.2, 0.25) is 0 Å². The molecule has 0 radical (unpaired) electrons. The number of nitrogens with one attached hydrogen (secondary N) is 1. The zero-order valence-corrected chi connectivity index (χ0v) is 13.0. The predicted octanol–water partition coefficient (Wildman–Crippen LogP) is 1.28. The Hall–Kier alpha value is -0.130. The van der Waals surface area contributed by atoms with E-state index in [4.69, 9.17) is 0 Å². The van der Waals surface area contributed by atoms with E-state index in [2.05, 4.69) is 10.2 Å². The molecular weight excluding hydrogens is 260 g/mol. The third kappa shape index (κ3) is 4.43. The fourth-order valence-corrected chi connectivity index (χ4v) is 4.90. The van der Waals surface area contributed by atoms with Crippen molar-refractivity contribution in [3.05, 3.63) is 0 Å². The fraction of sp³-hybridized carbons (Fsp3) is 1.00. The van der Waals surface area contributed by atoms with Crippen LogP contribution in [0.5, 0.6) is 0 Å². The Morgan fingerprint density at radius 2 is 1.63 bits per heavy atom. The molecule has 0 spiro atoms. The summed E-state index contributed by atoms with van der Waals surface area (Å²) < 4.78 is 23.0. The first-order valence-electron chi connectivity index (χ1n) is 7.63. The first-order chi connectivity index (χ1) is 9.05. The van der Waals surface area contributed by atoms with Gasteiger partial charge in [-0.25, -0.2) is 8.42 Å². The Bertz CT molecular complexity index is 359. The highest BCUT2D eigenvalue weighted by Crippen LogP contribution is 2.35. The number of hydrogen-bond acceptors (Lipinski definition) is 4. The largest absolute Gasteiger partial charge is 0.319 e. The van der Waals surface area contributed by atoms with Gasteiger partial charge < -0.3 is 10.2 Å². The van der Waals surface area contributed by atoms with Crippen LogP contribution in [0.1, 0.15) is 38.5 Å². The molecule has 1 heterocycles. The summed E-state index contributed by atoms with van der Waals surface area (Å²) in [5.74, 6) is 0.700. The van der Waals surface area contributed by atoms with E-state index in [1.165, 1.54) is 38.5 Å². The molecule has 0 bridgehead atoms. The van der Waals surface area contributed by atoms with E-state index in [1.807, 2.05) is 7.05 Å². The normalized spacial score (nSPS) is 27.8. The minimum Gasteiger partial charge on any atom is -0.319 e. The molecule has 0 aromatic heterocycles. The highest BCUT2D eigenvalue weighted by Gasteiger charge is 2.34. The summed E-state index contributed by atoms with van der Waals surface area (Å²) in [4.78, 5) is 2.38. The lowest BCUT2D eigenvalue weighted by Crippen LogP contribution is -2.48. The average Bonchev–Trinajstić information content (AvgIpc) is 2.59. The monoisotopic (exact) mass is 288 g/mol.